The molecular weight excluding hydrogens is 176 g/mol. The van der Waals surface area contributed by atoms with E-state index in [0.29, 0.717) is 12.1 Å². The molecule has 2 aliphatic heterocycles. The molecule has 2 aliphatic rings. The second-order valence-electron chi connectivity index (χ2n) is 4.49. The Hall–Kier alpha value is -0.120. The van der Waals surface area contributed by atoms with Gasteiger partial charge in [-0.3, -0.25) is 4.90 Å². The highest BCUT2D eigenvalue weighted by Gasteiger charge is 2.31. The Balaban J connectivity index is 1.90. The lowest BCUT2D eigenvalue weighted by molar-refractivity contribution is -0.0451. The van der Waals surface area contributed by atoms with Gasteiger partial charge in [0.1, 0.15) is 0 Å². The van der Waals surface area contributed by atoms with Gasteiger partial charge in [0.2, 0.25) is 0 Å². The van der Waals surface area contributed by atoms with Crippen LogP contribution in [0.5, 0.6) is 0 Å². The summed E-state index contributed by atoms with van der Waals surface area (Å²) in [5.74, 6) is 0. The van der Waals surface area contributed by atoms with E-state index in [0.717, 1.165) is 32.2 Å². The second kappa shape index (κ2) is 4.60. The van der Waals surface area contributed by atoms with Gasteiger partial charge in [-0.2, -0.15) is 0 Å². The van der Waals surface area contributed by atoms with Crippen LogP contribution in [0.15, 0.2) is 0 Å². The van der Waals surface area contributed by atoms with E-state index in [4.69, 9.17) is 4.74 Å². The van der Waals surface area contributed by atoms with Crippen molar-refractivity contribution in [1.29, 1.82) is 0 Å². The third-order valence-electron chi connectivity index (χ3n) is 3.58. The van der Waals surface area contributed by atoms with Gasteiger partial charge in [0, 0.05) is 25.2 Å². The lowest BCUT2D eigenvalue weighted by Gasteiger charge is -2.38. The van der Waals surface area contributed by atoms with Crippen LogP contribution in [0.25, 0.3) is 0 Å². The molecule has 3 heteroatoms. The van der Waals surface area contributed by atoms with Crippen LogP contribution >= 0.6 is 0 Å². The number of ether oxygens (including phenoxy) is 1. The van der Waals surface area contributed by atoms with Gasteiger partial charge >= 0.3 is 0 Å². The molecule has 1 N–H and O–H groups in total. The number of rotatable bonds is 2. The molecule has 3 atom stereocenters. The average Bonchev–Trinajstić information content (AvgIpc) is 2.65. The Bertz CT molecular complexity index is 186. The minimum atomic E-state index is 0.469. The summed E-state index contributed by atoms with van der Waals surface area (Å²) < 4.78 is 5.69. The van der Waals surface area contributed by atoms with Crippen molar-refractivity contribution in [3.05, 3.63) is 0 Å². The number of hydrogen-bond donors (Lipinski definition) is 1. The van der Waals surface area contributed by atoms with E-state index in [1.807, 2.05) is 0 Å². The summed E-state index contributed by atoms with van der Waals surface area (Å²) >= 11 is 0. The van der Waals surface area contributed by atoms with Gasteiger partial charge in [-0.25, -0.2) is 0 Å². The minimum Gasteiger partial charge on any atom is -0.376 e. The average molecular weight is 198 g/mol. The summed E-state index contributed by atoms with van der Waals surface area (Å²) in [6.07, 6.45) is 2.92. The van der Waals surface area contributed by atoms with Crippen LogP contribution in [-0.2, 0) is 4.74 Å². The standard InChI is InChI=1S/C11H22N2O/c1-3-10-8-13(6-7-14-10)11-4-5-12-9(11)2/h9-12H,3-8H2,1-2H3. The smallest absolute Gasteiger partial charge is 0.0700 e. The van der Waals surface area contributed by atoms with Gasteiger partial charge in [-0.1, -0.05) is 6.92 Å². The van der Waals surface area contributed by atoms with E-state index in [9.17, 15) is 0 Å². The molecule has 82 valence electrons. The van der Waals surface area contributed by atoms with Crippen molar-refractivity contribution in [2.45, 2.75) is 44.9 Å². The Morgan fingerprint density at radius 3 is 3.00 bits per heavy atom. The van der Waals surface area contributed by atoms with Crippen molar-refractivity contribution in [3.63, 3.8) is 0 Å². The molecule has 0 saturated carbocycles. The first-order valence-corrected chi connectivity index (χ1v) is 5.90. The van der Waals surface area contributed by atoms with Crippen LogP contribution < -0.4 is 5.32 Å². The fraction of sp³-hybridized carbons (Fsp3) is 1.00. The molecular formula is C11H22N2O. The zero-order chi connectivity index (χ0) is 9.97. The van der Waals surface area contributed by atoms with Crippen molar-refractivity contribution in [3.8, 4) is 0 Å². The van der Waals surface area contributed by atoms with Crippen molar-refractivity contribution in [2.24, 2.45) is 0 Å². The maximum absolute atomic E-state index is 5.69. The van der Waals surface area contributed by atoms with Gasteiger partial charge in [0.15, 0.2) is 0 Å². The van der Waals surface area contributed by atoms with Gasteiger partial charge < -0.3 is 10.1 Å². The molecule has 2 saturated heterocycles. The fourth-order valence-corrected chi connectivity index (χ4v) is 2.63. The summed E-state index contributed by atoms with van der Waals surface area (Å²) in [7, 11) is 0. The third kappa shape index (κ3) is 2.10. The molecule has 0 radical (unpaired) electrons. The first kappa shape index (κ1) is 10.4. The molecule has 0 bridgehead atoms. The zero-order valence-corrected chi connectivity index (χ0v) is 9.33. The SMILES string of the molecule is CCC1CN(C2CCNC2C)CCO1. The Labute approximate surface area is 86.8 Å². The summed E-state index contributed by atoms with van der Waals surface area (Å²) in [6, 6.07) is 1.40. The predicted octanol–water partition coefficient (Wildman–Crippen LogP) is 0.848. The first-order chi connectivity index (χ1) is 6.81. The van der Waals surface area contributed by atoms with Crippen LogP contribution in [0.1, 0.15) is 26.7 Å². The van der Waals surface area contributed by atoms with Crippen LogP contribution in [0.4, 0.5) is 0 Å². The van der Waals surface area contributed by atoms with E-state index < -0.39 is 0 Å². The highest BCUT2D eigenvalue weighted by Crippen LogP contribution is 2.18. The number of hydrogen-bond acceptors (Lipinski definition) is 3. The molecule has 0 aromatic rings. The molecule has 0 spiro atoms. The molecule has 14 heavy (non-hydrogen) atoms. The number of morpholine rings is 1. The Morgan fingerprint density at radius 1 is 1.50 bits per heavy atom. The molecule has 0 aromatic heterocycles. The second-order valence-corrected chi connectivity index (χ2v) is 4.49. The summed E-state index contributed by atoms with van der Waals surface area (Å²) in [5, 5.41) is 3.52. The number of nitrogens with zero attached hydrogens (tertiary/aromatic N) is 1. The molecule has 0 amide bonds. The molecule has 3 unspecified atom stereocenters. The molecule has 2 rings (SSSR count). The monoisotopic (exact) mass is 198 g/mol. The van der Waals surface area contributed by atoms with Crippen LogP contribution in [0.3, 0.4) is 0 Å². The van der Waals surface area contributed by atoms with Crippen molar-refractivity contribution >= 4 is 0 Å². The minimum absolute atomic E-state index is 0.469. The first-order valence-electron chi connectivity index (χ1n) is 5.90. The lowest BCUT2D eigenvalue weighted by Crippen LogP contribution is -2.50. The molecule has 2 heterocycles. The number of nitrogens with one attached hydrogen (secondary N) is 1. The van der Waals surface area contributed by atoms with Crippen LogP contribution in [0, 0.1) is 0 Å². The van der Waals surface area contributed by atoms with Gasteiger partial charge in [0.05, 0.1) is 12.7 Å². The van der Waals surface area contributed by atoms with E-state index in [-0.39, 0.29) is 0 Å². The maximum Gasteiger partial charge on any atom is 0.0700 e. The van der Waals surface area contributed by atoms with Gasteiger partial charge in [-0.15, -0.1) is 0 Å². The van der Waals surface area contributed by atoms with Crippen molar-refractivity contribution in [1.82, 2.24) is 10.2 Å². The van der Waals surface area contributed by atoms with Gasteiger partial charge in [-0.05, 0) is 26.3 Å². The van der Waals surface area contributed by atoms with Crippen molar-refractivity contribution in [2.75, 3.05) is 26.2 Å². The normalized spacial score (nSPS) is 40.3. The molecule has 0 aromatic carbocycles. The van der Waals surface area contributed by atoms with Crippen LogP contribution in [-0.4, -0.2) is 49.3 Å². The third-order valence-corrected chi connectivity index (χ3v) is 3.58. The highest BCUT2D eigenvalue weighted by atomic mass is 16.5. The zero-order valence-electron chi connectivity index (χ0n) is 9.33. The largest absolute Gasteiger partial charge is 0.376 e. The summed E-state index contributed by atoms with van der Waals surface area (Å²) in [4.78, 5) is 2.61. The topological polar surface area (TPSA) is 24.5 Å². The maximum atomic E-state index is 5.69. The molecule has 3 nitrogen and oxygen atoms in total. The highest BCUT2D eigenvalue weighted by molar-refractivity contribution is 4.90. The van der Waals surface area contributed by atoms with Gasteiger partial charge in [0.25, 0.3) is 0 Å². The van der Waals surface area contributed by atoms with Crippen LogP contribution in [0.2, 0.25) is 0 Å². The van der Waals surface area contributed by atoms with E-state index in [2.05, 4.69) is 24.1 Å². The Morgan fingerprint density at radius 2 is 2.36 bits per heavy atom. The summed E-state index contributed by atoms with van der Waals surface area (Å²) in [6.45, 7) is 8.86. The van der Waals surface area contributed by atoms with E-state index >= 15 is 0 Å². The molecule has 2 fully saturated rings. The fourth-order valence-electron chi connectivity index (χ4n) is 2.63. The van der Waals surface area contributed by atoms with Crippen molar-refractivity contribution < 1.29 is 4.74 Å². The van der Waals surface area contributed by atoms with E-state index in [1.54, 1.807) is 0 Å². The molecule has 0 aliphatic carbocycles. The quantitative estimate of drug-likeness (QED) is 0.712. The predicted molar refractivity (Wildman–Crippen MR) is 57.5 cm³/mol. The van der Waals surface area contributed by atoms with E-state index in [1.165, 1.54) is 13.0 Å². The Kier molecular flexibility index (Phi) is 3.42. The lowest BCUT2D eigenvalue weighted by atomic mass is 10.1. The summed E-state index contributed by atoms with van der Waals surface area (Å²) in [5.41, 5.74) is 0.